The van der Waals surface area contributed by atoms with E-state index in [-0.39, 0.29) is 16.3 Å². The van der Waals surface area contributed by atoms with Gasteiger partial charge in [0.05, 0.1) is 22.0 Å². The van der Waals surface area contributed by atoms with E-state index in [1.54, 1.807) is 12.1 Å². The second-order valence-corrected chi connectivity index (χ2v) is 5.34. The van der Waals surface area contributed by atoms with Crippen LogP contribution in [0.4, 0.5) is 10.1 Å². The molecule has 23 heavy (non-hydrogen) atoms. The zero-order chi connectivity index (χ0) is 16.4. The third kappa shape index (κ3) is 3.30. The van der Waals surface area contributed by atoms with Gasteiger partial charge in [-0.25, -0.2) is 4.39 Å². The smallest absolute Gasteiger partial charge is 0.257 e. The Morgan fingerprint density at radius 2 is 2.00 bits per heavy atom. The summed E-state index contributed by atoms with van der Waals surface area (Å²) in [6.07, 6.45) is 1.26. The summed E-state index contributed by atoms with van der Waals surface area (Å²) in [7, 11) is 0. The molecule has 0 fully saturated rings. The van der Waals surface area contributed by atoms with Crippen molar-refractivity contribution in [1.29, 1.82) is 0 Å². The van der Waals surface area contributed by atoms with Gasteiger partial charge in [0.2, 0.25) is 0 Å². The lowest BCUT2D eigenvalue weighted by molar-refractivity contribution is 0.102. The molecule has 116 valence electrons. The minimum atomic E-state index is -0.517. The highest BCUT2D eigenvalue weighted by molar-refractivity contribution is 6.36. The van der Waals surface area contributed by atoms with E-state index in [0.717, 1.165) is 6.07 Å². The third-order valence-corrected chi connectivity index (χ3v) is 3.53. The van der Waals surface area contributed by atoms with Crippen LogP contribution in [0, 0.1) is 5.82 Å². The zero-order valence-corrected chi connectivity index (χ0v) is 12.9. The summed E-state index contributed by atoms with van der Waals surface area (Å²) in [5.74, 6) is -1.00. The van der Waals surface area contributed by atoms with E-state index in [1.165, 1.54) is 29.2 Å². The van der Waals surface area contributed by atoms with Gasteiger partial charge in [-0.05, 0) is 40.8 Å². The Labute approximate surface area is 139 Å². The Hall–Kier alpha value is -2.51. The van der Waals surface area contributed by atoms with Crippen molar-refractivity contribution in [2.24, 2.45) is 0 Å². The Morgan fingerprint density at radius 3 is 2.70 bits per heavy atom. The van der Waals surface area contributed by atoms with Crippen molar-refractivity contribution in [3.63, 3.8) is 0 Å². The maximum absolute atomic E-state index is 13.5. The van der Waals surface area contributed by atoms with Crippen LogP contribution in [0.3, 0.4) is 0 Å². The average Bonchev–Trinajstić information content (AvgIpc) is 3.04. The fourth-order valence-electron chi connectivity index (χ4n) is 1.94. The van der Waals surface area contributed by atoms with Crippen molar-refractivity contribution < 1.29 is 9.18 Å². The first-order chi connectivity index (χ1) is 11.0. The Kier molecular flexibility index (Phi) is 4.22. The molecule has 1 N–H and O–H groups in total. The van der Waals surface area contributed by atoms with Gasteiger partial charge in [-0.3, -0.25) is 4.79 Å². The molecule has 0 radical (unpaired) electrons. The van der Waals surface area contributed by atoms with E-state index in [2.05, 4.69) is 20.8 Å². The van der Waals surface area contributed by atoms with Gasteiger partial charge < -0.3 is 5.32 Å². The quantitative estimate of drug-likeness (QED) is 0.785. The molecule has 1 heterocycles. The summed E-state index contributed by atoms with van der Waals surface area (Å²) in [6.45, 7) is 0. The molecule has 2 aromatic carbocycles. The number of hydrogen-bond donors (Lipinski definition) is 1. The number of halogens is 3. The minimum absolute atomic E-state index is 0.185. The highest BCUT2D eigenvalue weighted by Gasteiger charge is 2.16. The number of rotatable bonds is 3. The van der Waals surface area contributed by atoms with Crippen molar-refractivity contribution in [2.45, 2.75) is 0 Å². The van der Waals surface area contributed by atoms with Gasteiger partial charge >= 0.3 is 0 Å². The summed E-state index contributed by atoms with van der Waals surface area (Å²) in [5.41, 5.74) is 0.773. The number of aromatic nitrogens is 4. The number of carbonyl (C=O) groups excluding carboxylic acids is 1. The van der Waals surface area contributed by atoms with Gasteiger partial charge in [0, 0.05) is 11.1 Å². The number of tetrazole rings is 1. The van der Waals surface area contributed by atoms with Crippen LogP contribution < -0.4 is 5.32 Å². The number of amides is 1. The Balaban J connectivity index is 1.97. The van der Waals surface area contributed by atoms with Crippen LogP contribution in [0.25, 0.3) is 5.69 Å². The Morgan fingerprint density at radius 1 is 1.17 bits per heavy atom. The van der Waals surface area contributed by atoms with Gasteiger partial charge in [-0.1, -0.05) is 23.2 Å². The normalized spacial score (nSPS) is 10.6. The molecule has 0 unspecified atom stereocenters. The second-order valence-electron chi connectivity index (χ2n) is 4.49. The van der Waals surface area contributed by atoms with Crippen LogP contribution >= 0.6 is 23.2 Å². The SMILES string of the molecule is O=C(Nc1ccc(Cl)cc1Cl)c1ccc(F)cc1-n1cnnn1. The van der Waals surface area contributed by atoms with Crippen LogP contribution in [-0.2, 0) is 0 Å². The lowest BCUT2D eigenvalue weighted by Crippen LogP contribution is -2.16. The average molecular weight is 352 g/mol. The number of benzene rings is 2. The van der Waals surface area contributed by atoms with Crippen LogP contribution in [0.2, 0.25) is 10.0 Å². The maximum atomic E-state index is 13.5. The summed E-state index contributed by atoms with van der Waals surface area (Å²) < 4.78 is 14.7. The third-order valence-electron chi connectivity index (χ3n) is 2.98. The molecular formula is C14H8Cl2FN5O. The molecule has 0 saturated carbocycles. The summed E-state index contributed by atoms with van der Waals surface area (Å²) >= 11 is 11.8. The fraction of sp³-hybridized carbons (Fsp3) is 0. The van der Waals surface area contributed by atoms with Crippen LogP contribution in [-0.4, -0.2) is 26.1 Å². The monoisotopic (exact) mass is 351 g/mol. The molecule has 1 aromatic heterocycles. The summed E-state index contributed by atoms with van der Waals surface area (Å²) in [6, 6.07) is 8.34. The summed E-state index contributed by atoms with van der Waals surface area (Å²) in [4.78, 5) is 12.5. The zero-order valence-electron chi connectivity index (χ0n) is 11.4. The van der Waals surface area contributed by atoms with Gasteiger partial charge in [0.1, 0.15) is 12.1 Å². The molecular weight excluding hydrogens is 344 g/mol. The minimum Gasteiger partial charge on any atom is -0.321 e. The number of anilines is 1. The lowest BCUT2D eigenvalue weighted by Gasteiger charge is -2.11. The van der Waals surface area contributed by atoms with Crippen LogP contribution in [0.15, 0.2) is 42.7 Å². The van der Waals surface area contributed by atoms with E-state index in [1.807, 2.05) is 0 Å². The predicted octanol–water partition coefficient (Wildman–Crippen LogP) is 3.36. The molecule has 0 aliphatic heterocycles. The Bertz CT molecular complexity index is 870. The first-order valence-corrected chi connectivity index (χ1v) is 7.09. The van der Waals surface area contributed by atoms with Crippen molar-refractivity contribution >= 4 is 34.8 Å². The fourth-order valence-corrected chi connectivity index (χ4v) is 2.39. The van der Waals surface area contributed by atoms with E-state index >= 15 is 0 Å². The highest BCUT2D eigenvalue weighted by Crippen LogP contribution is 2.26. The van der Waals surface area contributed by atoms with Crippen LogP contribution in [0.1, 0.15) is 10.4 Å². The number of hydrogen-bond acceptors (Lipinski definition) is 4. The van der Waals surface area contributed by atoms with Gasteiger partial charge in [0.25, 0.3) is 5.91 Å². The van der Waals surface area contributed by atoms with Crippen molar-refractivity contribution in [3.05, 3.63) is 64.2 Å². The van der Waals surface area contributed by atoms with Crippen LogP contribution in [0.5, 0.6) is 0 Å². The molecule has 0 aliphatic rings. The molecule has 0 atom stereocenters. The van der Waals surface area contributed by atoms with Gasteiger partial charge in [-0.15, -0.1) is 5.10 Å². The first-order valence-electron chi connectivity index (χ1n) is 6.34. The van der Waals surface area contributed by atoms with Gasteiger partial charge in [-0.2, -0.15) is 4.68 Å². The molecule has 0 bridgehead atoms. The standard InChI is InChI=1S/C14H8Cl2FN5O/c15-8-1-4-12(11(16)5-8)19-14(23)10-3-2-9(17)6-13(10)22-7-18-20-21-22/h1-7H,(H,19,23). The topological polar surface area (TPSA) is 72.7 Å². The summed E-state index contributed by atoms with van der Waals surface area (Å²) in [5, 5.41) is 14.0. The molecule has 3 aromatic rings. The number of carbonyl (C=O) groups is 1. The number of nitrogens with one attached hydrogen (secondary N) is 1. The van der Waals surface area contributed by atoms with Gasteiger partial charge in [0.15, 0.2) is 0 Å². The lowest BCUT2D eigenvalue weighted by atomic mass is 10.1. The van der Waals surface area contributed by atoms with E-state index in [0.29, 0.717) is 10.7 Å². The largest absolute Gasteiger partial charge is 0.321 e. The van der Waals surface area contributed by atoms with E-state index in [4.69, 9.17) is 23.2 Å². The molecule has 9 heteroatoms. The molecule has 6 nitrogen and oxygen atoms in total. The molecule has 0 aliphatic carbocycles. The van der Waals surface area contributed by atoms with Crippen molar-refractivity contribution in [2.75, 3.05) is 5.32 Å². The second kappa shape index (κ2) is 6.31. The van der Waals surface area contributed by atoms with E-state index < -0.39 is 11.7 Å². The predicted molar refractivity (Wildman–Crippen MR) is 83.5 cm³/mol. The highest BCUT2D eigenvalue weighted by atomic mass is 35.5. The molecule has 3 rings (SSSR count). The molecule has 0 spiro atoms. The molecule has 1 amide bonds. The maximum Gasteiger partial charge on any atom is 0.257 e. The number of nitrogens with zero attached hydrogens (tertiary/aromatic N) is 4. The van der Waals surface area contributed by atoms with Crippen molar-refractivity contribution in [3.8, 4) is 5.69 Å². The van der Waals surface area contributed by atoms with Crippen molar-refractivity contribution in [1.82, 2.24) is 20.2 Å². The van der Waals surface area contributed by atoms with E-state index in [9.17, 15) is 9.18 Å². The molecule has 0 saturated heterocycles. The first kappa shape index (κ1) is 15.4.